The third kappa shape index (κ3) is 5.05. The number of nitrogens with zero attached hydrogens (tertiary/aromatic N) is 3. The van der Waals surface area contributed by atoms with E-state index in [1.54, 1.807) is 6.92 Å². The molecule has 1 aliphatic carbocycles. The number of carbonyl (C=O) groups is 1. The molecule has 0 aromatic heterocycles. The first kappa shape index (κ1) is 22.1. The largest absolute Gasteiger partial charge is 0.490 e. The van der Waals surface area contributed by atoms with Gasteiger partial charge in [-0.05, 0) is 55.5 Å². The van der Waals surface area contributed by atoms with Gasteiger partial charge in [-0.15, -0.1) is 0 Å². The lowest BCUT2D eigenvalue weighted by atomic mass is 9.85. The van der Waals surface area contributed by atoms with Crippen LogP contribution in [-0.2, 0) is 4.79 Å². The molecule has 5 nitrogen and oxygen atoms in total. The molecule has 1 aromatic rings. The summed E-state index contributed by atoms with van der Waals surface area (Å²) >= 11 is 0. The smallest absolute Gasteiger partial charge is 0.408 e. The number of halogens is 3. The lowest BCUT2D eigenvalue weighted by Crippen LogP contribution is -2.46. The Bertz CT molecular complexity index is 812. The number of piperidine rings is 1. The number of rotatable bonds is 5. The molecule has 31 heavy (non-hydrogen) atoms. The lowest BCUT2D eigenvalue weighted by molar-refractivity contribution is -0.165. The maximum atomic E-state index is 12.9. The van der Waals surface area contributed by atoms with Crippen LogP contribution in [0.4, 0.5) is 13.2 Å². The number of hydrazone groups is 1. The summed E-state index contributed by atoms with van der Waals surface area (Å²) in [6.45, 7) is 4.25. The first-order valence-electron chi connectivity index (χ1n) is 11.2. The zero-order valence-electron chi connectivity index (χ0n) is 18.1. The van der Waals surface area contributed by atoms with Crippen LogP contribution in [0.5, 0.6) is 5.75 Å². The summed E-state index contributed by atoms with van der Waals surface area (Å²) in [5, 5.41) is 4.62. The predicted molar refractivity (Wildman–Crippen MR) is 112 cm³/mol. The minimum Gasteiger partial charge on any atom is -0.490 e. The SMILES string of the molecule is CC1C(=O)N(CC(F)(F)F)N=C(c2ccc(OC3CCN(C4CCC4)CC3)cc2)C1C. The highest BCUT2D eigenvalue weighted by Gasteiger charge is 2.40. The molecule has 2 aliphatic heterocycles. The second-order valence-electron chi connectivity index (χ2n) is 9.04. The molecular formula is C23H30F3N3O2. The molecule has 0 radical (unpaired) electrons. The van der Waals surface area contributed by atoms with Crippen molar-refractivity contribution in [2.75, 3.05) is 19.6 Å². The van der Waals surface area contributed by atoms with Crippen LogP contribution in [-0.4, -0.2) is 59.5 Å². The van der Waals surface area contributed by atoms with Crippen molar-refractivity contribution in [1.82, 2.24) is 9.91 Å². The summed E-state index contributed by atoms with van der Waals surface area (Å²) in [5.74, 6) is -0.667. The highest BCUT2D eigenvalue weighted by atomic mass is 19.4. The van der Waals surface area contributed by atoms with Gasteiger partial charge in [0.2, 0.25) is 5.91 Å². The van der Waals surface area contributed by atoms with E-state index in [1.807, 2.05) is 31.2 Å². The molecule has 4 rings (SSSR count). The molecule has 1 saturated heterocycles. The van der Waals surface area contributed by atoms with Crippen molar-refractivity contribution < 1.29 is 22.7 Å². The van der Waals surface area contributed by atoms with E-state index in [9.17, 15) is 18.0 Å². The van der Waals surface area contributed by atoms with Crippen LogP contribution in [0.2, 0.25) is 0 Å². The number of likely N-dealkylation sites (tertiary alicyclic amines) is 1. The third-order valence-corrected chi connectivity index (χ3v) is 6.90. The maximum Gasteiger partial charge on any atom is 0.408 e. The Balaban J connectivity index is 1.40. The Hall–Kier alpha value is -2.09. The normalized spacial score (nSPS) is 26.5. The fraction of sp³-hybridized carbons (Fsp3) is 0.652. The summed E-state index contributed by atoms with van der Waals surface area (Å²) < 4.78 is 44.7. The molecule has 1 aromatic carbocycles. The van der Waals surface area contributed by atoms with Gasteiger partial charge in [-0.2, -0.15) is 18.3 Å². The molecule has 3 aliphatic rings. The number of ether oxygens (including phenoxy) is 1. The van der Waals surface area contributed by atoms with Gasteiger partial charge in [0.25, 0.3) is 0 Å². The second-order valence-corrected chi connectivity index (χ2v) is 9.04. The van der Waals surface area contributed by atoms with E-state index in [2.05, 4.69) is 10.0 Å². The summed E-state index contributed by atoms with van der Waals surface area (Å²) in [6.07, 6.45) is 1.70. The Morgan fingerprint density at radius 3 is 2.23 bits per heavy atom. The Labute approximate surface area is 181 Å². The van der Waals surface area contributed by atoms with Crippen molar-refractivity contribution >= 4 is 11.6 Å². The van der Waals surface area contributed by atoms with E-state index in [-0.39, 0.29) is 12.0 Å². The number of amides is 1. The van der Waals surface area contributed by atoms with Crippen molar-refractivity contribution in [3.63, 3.8) is 0 Å². The van der Waals surface area contributed by atoms with E-state index in [1.165, 1.54) is 19.3 Å². The minimum atomic E-state index is -4.49. The highest BCUT2D eigenvalue weighted by Crippen LogP contribution is 2.31. The standard InChI is InChI=1S/C23H30F3N3O2/c1-15-16(2)22(30)29(14-23(24,25)26)27-21(15)17-6-8-19(9-7-17)31-20-10-12-28(13-11-20)18-4-3-5-18/h6-9,15-16,18,20H,3-5,10-14H2,1-2H3. The Kier molecular flexibility index (Phi) is 6.28. The number of hydrogen-bond acceptors (Lipinski definition) is 4. The topological polar surface area (TPSA) is 45.1 Å². The average Bonchev–Trinajstić information content (AvgIpc) is 2.68. The van der Waals surface area contributed by atoms with Crippen molar-refractivity contribution in [1.29, 1.82) is 0 Å². The predicted octanol–water partition coefficient (Wildman–Crippen LogP) is 4.46. The fourth-order valence-electron chi connectivity index (χ4n) is 4.57. The van der Waals surface area contributed by atoms with Gasteiger partial charge in [-0.1, -0.05) is 20.3 Å². The number of alkyl halides is 3. The molecule has 8 heteroatoms. The quantitative estimate of drug-likeness (QED) is 0.683. The van der Waals surface area contributed by atoms with E-state index in [4.69, 9.17) is 4.74 Å². The van der Waals surface area contributed by atoms with Crippen LogP contribution in [0.3, 0.4) is 0 Å². The molecule has 2 unspecified atom stereocenters. The number of hydrogen-bond donors (Lipinski definition) is 0. The number of benzene rings is 1. The summed E-state index contributed by atoms with van der Waals surface area (Å²) in [5.41, 5.74) is 1.21. The van der Waals surface area contributed by atoms with Gasteiger partial charge < -0.3 is 9.64 Å². The van der Waals surface area contributed by atoms with Gasteiger partial charge in [0.05, 0.1) is 5.71 Å². The van der Waals surface area contributed by atoms with Gasteiger partial charge in [-0.3, -0.25) is 4.79 Å². The molecule has 170 valence electrons. The molecule has 0 bridgehead atoms. The van der Waals surface area contributed by atoms with Gasteiger partial charge in [0, 0.05) is 31.0 Å². The van der Waals surface area contributed by atoms with Crippen molar-refractivity contribution in [2.24, 2.45) is 16.9 Å². The molecule has 2 atom stereocenters. The summed E-state index contributed by atoms with van der Waals surface area (Å²) in [6, 6.07) is 8.10. The van der Waals surface area contributed by atoms with Crippen molar-refractivity contribution in [2.45, 2.75) is 64.3 Å². The zero-order chi connectivity index (χ0) is 22.2. The summed E-state index contributed by atoms with van der Waals surface area (Å²) in [7, 11) is 0. The van der Waals surface area contributed by atoms with Crippen molar-refractivity contribution in [3.8, 4) is 5.75 Å². The average molecular weight is 438 g/mol. The molecule has 2 heterocycles. The molecule has 1 saturated carbocycles. The van der Waals surface area contributed by atoms with E-state index < -0.39 is 24.5 Å². The second kappa shape index (κ2) is 8.81. The maximum absolute atomic E-state index is 12.9. The minimum absolute atomic E-state index is 0.188. The first-order valence-corrected chi connectivity index (χ1v) is 11.2. The highest BCUT2D eigenvalue weighted by molar-refractivity contribution is 6.06. The summed E-state index contributed by atoms with van der Waals surface area (Å²) in [4.78, 5) is 14.8. The molecule has 0 spiro atoms. The third-order valence-electron chi connectivity index (χ3n) is 6.90. The van der Waals surface area contributed by atoms with Gasteiger partial charge in [0.15, 0.2) is 0 Å². The van der Waals surface area contributed by atoms with E-state index >= 15 is 0 Å². The van der Waals surface area contributed by atoms with Crippen LogP contribution in [0, 0.1) is 11.8 Å². The van der Waals surface area contributed by atoms with Gasteiger partial charge in [-0.25, -0.2) is 5.01 Å². The molecule has 0 N–H and O–H groups in total. The van der Waals surface area contributed by atoms with Gasteiger partial charge >= 0.3 is 6.18 Å². The van der Waals surface area contributed by atoms with Crippen molar-refractivity contribution in [3.05, 3.63) is 29.8 Å². The van der Waals surface area contributed by atoms with Crippen LogP contribution < -0.4 is 4.74 Å². The monoisotopic (exact) mass is 437 g/mol. The lowest BCUT2D eigenvalue weighted by Gasteiger charge is -2.41. The zero-order valence-corrected chi connectivity index (χ0v) is 18.1. The van der Waals surface area contributed by atoms with Crippen LogP contribution in [0.1, 0.15) is 51.5 Å². The Morgan fingerprint density at radius 2 is 1.68 bits per heavy atom. The first-order chi connectivity index (χ1) is 14.7. The van der Waals surface area contributed by atoms with E-state index in [0.29, 0.717) is 16.3 Å². The van der Waals surface area contributed by atoms with Crippen LogP contribution >= 0.6 is 0 Å². The number of carbonyl (C=O) groups excluding carboxylic acids is 1. The van der Waals surface area contributed by atoms with Gasteiger partial charge in [0.1, 0.15) is 18.4 Å². The molecule has 2 fully saturated rings. The van der Waals surface area contributed by atoms with E-state index in [0.717, 1.165) is 37.7 Å². The van der Waals surface area contributed by atoms with Crippen LogP contribution in [0.15, 0.2) is 29.4 Å². The molecular weight excluding hydrogens is 407 g/mol. The Morgan fingerprint density at radius 1 is 1.03 bits per heavy atom. The fourth-order valence-corrected chi connectivity index (χ4v) is 4.57. The molecule has 1 amide bonds. The van der Waals surface area contributed by atoms with Crippen LogP contribution in [0.25, 0.3) is 0 Å².